The standard InChI is InChI=1S/C12H12F3NO4S/c13-12(14,15)8-2-1-3-9(6-8)21(19,20)16-10(11(17)18)7-4-5-7/h1-3,6-7,10,16H,4-5H2,(H,17,18). The zero-order valence-corrected chi connectivity index (χ0v) is 11.4. The first-order valence-corrected chi connectivity index (χ1v) is 7.52. The fourth-order valence-corrected chi connectivity index (χ4v) is 3.16. The van der Waals surface area contributed by atoms with Gasteiger partial charge in [0, 0.05) is 0 Å². The highest BCUT2D eigenvalue weighted by molar-refractivity contribution is 7.89. The average molecular weight is 323 g/mol. The van der Waals surface area contributed by atoms with Crippen LogP contribution in [0.25, 0.3) is 0 Å². The number of aliphatic carboxylic acids is 1. The number of carbonyl (C=O) groups is 1. The normalized spacial score (nSPS) is 17.5. The molecular formula is C12H12F3NO4S. The molecule has 5 nitrogen and oxygen atoms in total. The van der Waals surface area contributed by atoms with E-state index in [1.165, 1.54) is 0 Å². The Morgan fingerprint density at radius 3 is 2.43 bits per heavy atom. The molecule has 1 saturated carbocycles. The third-order valence-corrected chi connectivity index (χ3v) is 4.55. The summed E-state index contributed by atoms with van der Waals surface area (Å²) in [6.45, 7) is 0. The first-order valence-electron chi connectivity index (χ1n) is 6.03. The van der Waals surface area contributed by atoms with E-state index < -0.39 is 38.7 Å². The fraction of sp³-hybridized carbons (Fsp3) is 0.417. The van der Waals surface area contributed by atoms with Crippen LogP contribution >= 0.6 is 0 Å². The lowest BCUT2D eigenvalue weighted by Gasteiger charge is -2.15. The van der Waals surface area contributed by atoms with Crippen molar-refractivity contribution in [2.24, 2.45) is 5.92 Å². The average Bonchev–Trinajstić information content (AvgIpc) is 3.19. The lowest BCUT2D eigenvalue weighted by Crippen LogP contribution is -2.42. The SMILES string of the molecule is O=C(O)C(NS(=O)(=O)c1cccc(C(F)(F)F)c1)C1CC1. The summed E-state index contributed by atoms with van der Waals surface area (Å²) in [5, 5.41) is 8.97. The molecule has 9 heteroatoms. The number of halogens is 3. The van der Waals surface area contributed by atoms with E-state index in [9.17, 15) is 26.4 Å². The molecule has 0 spiro atoms. The van der Waals surface area contributed by atoms with Crippen LogP contribution < -0.4 is 4.72 Å². The Morgan fingerprint density at radius 1 is 1.33 bits per heavy atom. The van der Waals surface area contributed by atoms with E-state index in [-0.39, 0.29) is 5.92 Å². The maximum absolute atomic E-state index is 12.6. The summed E-state index contributed by atoms with van der Waals surface area (Å²) in [6.07, 6.45) is -3.53. The molecule has 1 fully saturated rings. The second kappa shape index (κ2) is 5.30. The third-order valence-electron chi connectivity index (χ3n) is 3.11. The molecule has 1 unspecified atom stereocenters. The maximum atomic E-state index is 12.6. The van der Waals surface area contributed by atoms with Gasteiger partial charge in [-0.05, 0) is 37.0 Å². The van der Waals surface area contributed by atoms with Crippen LogP contribution in [0.1, 0.15) is 18.4 Å². The molecule has 21 heavy (non-hydrogen) atoms. The molecule has 1 aliphatic carbocycles. The smallest absolute Gasteiger partial charge is 0.416 e. The van der Waals surface area contributed by atoms with Crippen LogP contribution in [0.2, 0.25) is 0 Å². The molecule has 1 aromatic carbocycles. The van der Waals surface area contributed by atoms with Crippen molar-refractivity contribution in [3.05, 3.63) is 29.8 Å². The fourth-order valence-electron chi connectivity index (χ4n) is 1.85. The number of sulfonamides is 1. The molecule has 0 radical (unpaired) electrons. The molecule has 2 rings (SSSR count). The summed E-state index contributed by atoms with van der Waals surface area (Å²) in [5.41, 5.74) is -1.11. The molecule has 0 amide bonds. The number of hydrogen-bond acceptors (Lipinski definition) is 3. The van der Waals surface area contributed by atoms with Gasteiger partial charge in [0.15, 0.2) is 0 Å². The van der Waals surface area contributed by atoms with E-state index in [1.807, 2.05) is 4.72 Å². The van der Waals surface area contributed by atoms with E-state index in [4.69, 9.17) is 5.11 Å². The van der Waals surface area contributed by atoms with Gasteiger partial charge in [-0.15, -0.1) is 0 Å². The van der Waals surface area contributed by atoms with Crippen molar-refractivity contribution >= 4 is 16.0 Å². The Morgan fingerprint density at radius 2 is 1.95 bits per heavy atom. The first kappa shape index (κ1) is 15.8. The van der Waals surface area contributed by atoms with E-state index in [0.29, 0.717) is 18.9 Å². The van der Waals surface area contributed by atoms with Crippen molar-refractivity contribution in [3.8, 4) is 0 Å². The molecule has 0 saturated heterocycles. The lowest BCUT2D eigenvalue weighted by molar-refractivity contribution is -0.139. The molecule has 0 aliphatic heterocycles. The van der Waals surface area contributed by atoms with Gasteiger partial charge >= 0.3 is 12.1 Å². The Hall–Kier alpha value is -1.61. The Kier molecular flexibility index (Phi) is 3.98. The number of carboxylic acid groups (broad SMARTS) is 1. The summed E-state index contributed by atoms with van der Waals surface area (Å²) in [4.78, 5) is 10.4. The number of hydrogen-bond donors (Lipinski definition) is 2. The zero-order valence-electron chi connectivity index (χ0n) is 10.6. The number of nitrogens with one attached hydrogen (secondary N) is 1. The van der Waals surface area contributed by atoms with Gasteiger partial charge in [0.1, 0.15) is 6.04 Å². The number of carboxylic acids is 1. The van der Waals surface area contributed by atoms with Gasteiger partial charge in [0.25, 0.3) is 0 Å². The minimum atomic E-state index is -4.67. The predicted octanol–water partition coefficient (Wildman–Crippen LogP) is 1.85. The van der Waals surface area contributed by atoms with E-state index >= 15 is 0 Å². The maximum Gasteiger partial charge on any atom is 0.416 e. The molecule has 1 aliphatic rings. The van der Waals surface area contributed by atoms with Gasteiger partial charge in [-0.3, -0.25) is 4.79 Å². The topological polar surface area (TPSA) is 83.5 Å². The van der Waals surface area contributed by atoms with Gasteiger partial charge in [0.05, 0.1) is 10.5 Å². The molecule has 116 valence electrons. The van der Waals surface area contributed by atoms with Gasteiger partial charge in [-0.1, -0.05) is 6.07 Å². The zero-order chi connectivity index (χ0) is 15.8. The van der Waals surface area contributed by atoms with Crippen molar-refractivity contribution < 1.29 is 31.5 Å². The summed E-state index contributed by atoms with van der Waals surface area (Å²) >= 11 is 0. The third kappa shape index (κ3) is 3.73. The molecule has 1 atom stereocenters. The van der Waals surface area contributed by atoms with Gasteiger partial charge in [-0.2, -0.15) is 17.9 Å². The minimum absolute atomic E-state index is 0.317. The van der Waals surface area contributed by atoms with Crippen molar-refractivity contribution in [2.45, 2.75) is 30.0 Å². The second-order valence-corrected chi connectivity index (χ2v) is 6.51. The summed E-state index contributed by atoms with van der Waals surface area (Å²) in [6, 6.07) is 1.86. The van der Waals surface area contributed by atoms with Crippen molar-refractivity contribution in [1.82, 2.24) is 4.72 Å². The van der Waals surface area contributed by atoms with Crippen LogP contribution in [-0.4, -0.2) is 25.5 Å². The largest absolute Gasteiger partial charge is 0.480 e. The van der Waals surface area contributed by atoms with Crippen molar-refractivity contribution in [3.63, 3.8) is 0 Å². The quantitative estimate of drug-likeness (QED) is 0.866. The van der Waals surface area contributed by atoms with Crippen LogP contribution in [0.15, 0.2) is 29.2 Å². The number of benzene rings is 1. The van der Waals surface area contributed by atoms with E-state index in [2.05, 4.69) is 0 Å². The molecule has 1 aromatic rings. The first-order chi connectivity index (χ1) is 9.61. The van der Waals surface area contributed by atoms with Crippen LogP contribution in [0.5, 0.6) is 0 Å². The second-order valence-electron chi connectivity index (χ2n) is 4.80. The number of alkyl halides is 3. The molecule has 2 N–H and O–H groups in total. The van der Waals surface area contributed by atoms with E-state index in [1.54, 1.807) is 0 Å². The highest BCUT2D eigenvalue weighted by atomic mass is 32.2. The summed E-state index contributed by atoms with van der Waals surface area (Å²) in [7, 11) is -4.32. The lowest BCUT2D eigenvalue weighted by atomic mass is 10.2. The van der Waals surface area contributed by atoms with Crippen LogP contribution in [-0.2, 0) is 21.0 Å². The van der Waals surface area contributed by atoms with Gasteiger partial charge in [-0.25, -0.2) is 8.42 Å². The predicted molar refractivity (Wildman–Crippen MR) is 65.9 cm³/mol. The Balaban J connectivity index is 2.29. The van der Waals surface area contributed by atoms with Crippen LogP contribution in [0, 0.1) is 5.92 Å². The van der Waals surface area contributed by atoms with Gasteiger partial charge < -0.3 is 5.11 Å². The van der Waals surface area contributed by atoms with E-state index in [0.717, 1.165) is 18.2 Å². The minimum Gasteiger partial charge on any atom is -0.480 e. The monoisotopic (exact) mass is 323 g/mol. The molecule has 0 heterocycles. The Labute approximate surface area is 118 Å². The van der Waals surface area contributed by atoms with Crippen LogP contribution in [0.4, 0.5) is 13.2 Å². The van der Waals surface area contributed by atoms with Gasteiger partial charge in [0.2, 0.25) is 10.0 Å². The van der Waals surface area contributed by atoms with Crippen LogP contribution in [0.3, 0.4) is 0 Å². The molecular weight excluding hydrogens is 311 g/mol. The molecule has 0 aromatic heterocycles. The highest BCUT2D eigenvalue weighted by Gasteiger charge is 2.39. The molecule has 0 bridgehead atoms. The highest BCUT2D eigenvalue weighted by Crippen LogP contribution is 2.34. The van der Waals surface area contributed by atoms with Crippen molar-refractivity contribution in [1.29, 1.82) is 0 Å². The summed E-state index contributed by atoms with van der Waals surface area (Å²) in [5.74, 6) is -1.66. The Bertz CT molecular complexity index is 653. The van der Waals surface area contributed by atoms with Crippen molar-refractivity contribution in [2.75, 3.05) is 0 Å². The summed E-state index contributed by atoms with van der Waals surface area (Å²) < 4.78 is 63.7. The number of rotatable bonds is 5.